The number of imidazole rings is 1. The monoisotopic (exact) mass is 415 g/mol. The van der Waals surface area contributed by atoms with E-state index in [0.717, 1.165) is 21.8 Å². The van der Waals surface area contributed by atoms with Gasteiger partial charge < -0.3 is 19.9 Å². The molecule has 156 valence electrons. The van der Waals surface area contributed by atoms with Crippen LogP contribution < -0.4 is 5.32 Å². The normalized spacial score (nSPS) is 14.3. The highest BCUT2D eigenvalue weighted by Crippen LogP contribution is 2.33. The fourth-order valence-corrected chi connectivity index (χ4v) is 4.38. The van der Waals surface area contributed by atoms with Crippen LogP contribution in [0.25, 0.3) is 10.2 Å². The number of aliphatic carboxylic acids is 1. The highest BCUT2D eigenvalue weighted by Gasteiger charge is 2.28. The Kier molecular flexibility index (Phi) is 6.24. The molecule has 2 N–H and O–H groups in total. The Bertz CT molecular complexity index is 965. The third kappa shape index (κ3) is 4.59. The lowest BCUT2D eigenvalue weighted by molar-refractivity contribution is -0.146. The number of rotatable bonds is 9. The van der Waals surface area contributed by atoms with E-state index in [2.05, 4.69) is 57.9 Å². The zero-order valence-corrected chi connectivity index (χ0v) is 18.4. The lowest BCUT2D eigenvalue weighted by Gasteiger charge is -2.33. The molecule has 0 aliphatic heterocycles. The lowest BCUT2D eigenvalue weighted by Crippen LogP contribution is -2.36. The highest BCUT2D eigenvalue weighted by atomic mass is 32.1. The molecule has 2 heterocycles. The number of hydrogen-bond acceptors (Lipinski definition) is 6. The summed E-state index contributed by atoms with van der Waals surface area (Å²) in [5.74, 6) is -0.828. The van der Waals surface area contributed by atoms with Crippen LogP contribution in [0.2, 0.25) is 0 Å². The summed E-state index contributed by atoms with van der Waals surface area (Å²) in [5.41, 5.74) is 1.27. The quantitative estimate of drug-likeness (QED) is 0.551. The van der Waals surface area contributed by atoms with Gasteiger partial charge >= 0.3 is 5.97 Å². The van der Waals surface area contributed by atoms with Crippen LogP contribution in [0.5, 0.6) is 0 Å². The topological polar surface area (TPSA) is 83.3 Å². The first-order valence-electron chi connectivity index (χ1n) is 9.74. The van der Waals surface area contributed by atoms with Gasteiger partial charge in [0.25, 0.3) is 0 Å². The predicted molar refractivity (Wildman–Crippen MR) is 118 cm³/mol. The fraction of sp³-hybridized carbons (Fsp3) is 0.476. The first kappa shape index (κ1) is 21.3. The largest absolute Gasteiger partial charge is 0.481 e. The van der Waals surface area contributed by atoms with Gasteiger partial charge in [-0.05, 0) is 52.1 Å². The Morgan fingerprint density at radius 2 is 2.14 bits per heavy atom. The average molecular weight is 416 g/mol. The molecular formula is C21H29N5O2S. The molecule has 8 heteroatoms. The second-order valence-electron chi connectivity index (χ2n) is 8.18. The number of carboxylic acid groups (broad SMARTS) is 1. The second-order valence-corrected chi connectivity index (χ2v) is 9.21. The smallest absolute Gasteiger partial charge is 0.310 e. The molecule has 0 spiro atoms. The van der Waals surface area contributed by atoms with E-state index in [0.29, 0.717) is 12.6 Å². The maximum absolute atomic E-state index is 11.3. The molecule has 7 nitrogen and oxygen atoms in total. The van der Waals surface area contributed by atoms with E-state index >= 15 is 0 Å². The summed E-state index contributed by atoms with van der Waals surface area (Å²) < 4.78 is 3.24. The van der Waals surface area contributed by atoms with Gasteiger partial charge in [-0.1, -0.05) is 24.3 Å². The number of fused-ring (bicyclic) bond motifs is 1. The van der Waals surface area contributed by atoms with Crippen LogP contribution in [0.1, 0.15) is 38.8 Å². The average Bonchev–Trinajstić information content (AvgIpc) is 3.32. The minimum atomic E-state index is -0.852. The van der Waals surface area contributed by atoms with Gasteiger partial charge in [0.1, 0.15) is 0 Å². The van der Waals surface area contributed by atoms with Crippen molar-refractivity contribution in [1.29, 1.82) is 0 Å². The van der Waals surface area contributed by atoms with Crippen molar-refractivity contribution >= 4 is 32.7 Å². The van der Waals surface area contributed by atoms with Crippen molar-refractivity contribution in [3.05, 3.63) is 42.5 Å². The van der Waals surface area contributed by atoms with Gasteiger partial charge in [-0.15, -0.1) is 0 Å². The van der Waals surface area contributed by atoms with Gasteiger partial charge in [0.15, 0.2) is 5.13 Å². The maximum atomic E-state index is 11.3. The molecule has 0 fully saturated rings. The number of carbonyl (C=O) groups is 1. The third-order valence-corrected chi connectivity index (χ3v) is 6.28. The number of anilines is 1. The number of thiazole rings is 1. The Balaban J connectivity index is 1.92. The van der Waals surface area contributed by atoms with Crippen molar-refractivity contribution in [2.24, 2.45) is 5.41 Å². The first-order valence-corrected chi connectivity index (χ1v) is 10.6. The Morgan fingerprint density at radius 1 is 1.38 bits per heavy atom. The molecule has 0 aliphatic rings. The SMILES string of the molecule is CCC(C(c1ccc2nc(NCC(C)(C)C(=O)O)sc2c1)n1ccnc1)N(C)C. The number of nitrogens with one attached hydrogen (secondary N) is 1. The van der Waals surface area contributed by atoms with Crippen molar-refractivity contribution in [2.45, 2.75) is 39.3 Å². The Morgan fingerprint density at radius 3 is 2.72 bits per heavy atom. The number of nitrogens with zero attached hydrogens (tertiary/aromatic N) is 4. The van der Waals surface area contributed by atoms with Gasteiger partial charge in [0.05, 0.1) is 28.0 Å². The van der Waals surface area contributed by atoms with Crippen LogP contribution >= 0.6 is 11.3 Å². The van der Waals surface area contributed by atoms with Gasteiger partial charge in [-0.3, -0.25) is 4.79 Å². The molecule has 0 aliphatic carbocycles. The van der Waals surface area contributed by atoms with Gasteiger partial charge in [-0.2, -0.15) is 0 Å². The van der Waals surface area contributed by atoms with Crippen LogP contribution in [0, 0.1) is 5.41 Å². The van der Waals surface area contributed by atoms with Crippen molar-refractivity contribution in [2.75, 3.05) is 26.0 Å². The first-order chi connectivity index (χ1) is 13.7. The number of carboxylic acids is 1. The van der Waals surface area contributed by atoms with Crippen LogP contribution in [-0.2, 0) is 4.79 Å². The molecule has 3 rings (SSSR count). The minimum absolute atomic E-state index is 0.145. The van der Waals surface area contributed by atoms with E-state index in [1.54, 1.807) is 25.2 Å². The Hall–Kier alpha value is -2.45. The van der Waals surface area contributed by atoms with Gasteiger partial charge in [-0.25, -0.2) is 9.97 Å². The molecule has 1 aromatic carbocycles. The molecule has 0 saturated carbocycles. The zero-order valence-electron chi connectivity index (χ0n) is 17.6. The summed E-state index contributed by atoms with van der Waals surface area (Å²) in [7, 11) is 4.21. The molecule has 2 unspecified atom stereocenters. The van der Waals surface area contributed by atoms with Crippen molar-refractivity contribution in [3.8, 4) is 0 Å². The van der Waals surface area contributed by atoms with Crippen LogP contribution in [0.3, 0.4) is 0 Å². The number of benzene rings is 1. The van der Waals surface area contributed by atoms with Crippen molar-refractivity contribution < 1.29 is 9.90 Å². The van der Waals surface area contributed by atoms with E-state index in [9.17, 15) is 9.90 Å². The van der Waals surface area contributed by atoms with Crippen LogP contribution in [0.15, 0.2) is 36.9 Å². The summed E-state index contributed by atoms with van der Waals surface area (Å²) in [6, 6.07) is 6.83. The highest BCUT2D eigenvalue weighted by molar-refractivity contribution is 7.22. The van der Waals surface area contributed by atoms with Crippen molar-refractivity contribution in [1.82, 2.24) is 19.4 Å². The summed E-state index contributed by atoms with van der Waals surface area (Å²) in [6.45, 7) is 5.93. The molecule has 0 radical (unpaired) electrons. The maximum Gasteiger partial charge on any atom is 0.310 e. The summed E-state index contributed by atoms with van der Waals surface area (Å²) in [5, 5.41) is 13.2. The van der Waals surface area contributed by atoms with Crippen molar-refractivity contribution in [3.63, 3.8) is 0 Å². The van der Waals surface area contributed by atoms with E-state index < -0.39 is 11.4 Å². The number of aromatic nitrogens is 3. The summed E-state index contributed by atoms with van der Waals surface area (Å²) in [4.78, 5) is 22.5. The number of hydrogen-bond donors (Lipinski definition) is 2. The zero-order chi connectivity index (χ0) is 21.2. The van der Waals surface area contributed by atoms with Crippen LogP contribution in [0.4, 0.5) is 5.13 Å². The molecule has 0 saturated heterocycles. The minimum Gasteiger partial charge on any atom is -0.481 e. The lowest BCUT2D eigenvalue weighted by atomic mass is 9.94. The third-order valence-electron chi connectivity index (χ3n) is 5.31. The van der Waals surface area contributed by atoms with E-state index in [1.165, 1.54) is 5.56 Å². The summed E-state index contributed by atoms with van der Waals surface area (Å²) >= 11 is 1.55. The molecule has 2 aromatic heterocycles. The van der Waals surface area contributed by atoms with E-state index in [-0.39, 0.29) is 6.04 Å². The molecule has 0 bridgehead atoms. The standard InChI is InChI=1S/C21H29N5O2S/c1-6-16(25(4)5)18(26-10-9-22-13-26)14-7-8-15-17(11-14)29-20(24-15)23-12-21(2,3)19(27)28/h7-11,13,16,18H,6,12H2,1-5H3,(H,23,24)(H,27,28). The molecule has 0 amide bonds. The second kappa shape index (κ2) is 8.51. The molecule has 2 atom stereocenters. The molecule has 3 aromatic rings. The fourth-order valence-electron chi connectivity index (χ4n) is 3.47. The predicted octanol–water partition coefficient (Wildman–Crippen LogP) is 3.95. The summed E-state index contributed by atoms with van der Waals surface area (Å²) in [6.07, 6.45) is 6.70. The Labute approximate surface area is 175 Å². The molecule has 29 heavy (non-hydrogen) atoms. The van der Waals surface area contributed by atoms with Gasteiger partial charge in [0, 0.05) is 25.0 Å². The number of likely N-dealkylation sites (N-methyl/N-ethyl adjacent to an activating group) is 1. The van der Waals surface area contributed by atoms with E-state index in [1.807, 2.05) is 24.8 Å². The molecular weight excluding hydrogens is 386 g/mol. The van der Waals surface area contributed by atoms with E-state index in [4.69, 9.17) is 0 Å². The van der Waals surface area contributed by atoms with Crippen LogP contribution in [-0.4, -0.2) is 57.2 Å². The van der Waals surface area contributed by atoms with Gasteiger partial charge in [0.2, 0.25) is 0 Å².